The largest absolute Gasteiger partial charge is 0.495 e. The topological polar surface area (TPSA) is 41.6 Å². The number of rotatable bonds is 2. The molecule has 1 unspecified atom stereocenters. The molecule has 1 aromatic carbocycles. The van der Waals surface area contributed by atoms with E-state index in [1.165, 1.54) is 5.56 Å². The number of aryl methyl sites for hydroxylation is 1. The Kier molecular flexibility index (Phi) is 3.07. The number of nitrogens with zero attached hydrogens (tertiary/aromatic N) is 1. The predicted octanol–water partition coefficient (Wildman–Crippen LogP) is 1.63. The molecule has 4 heteroatoms. The Labute approximate surface area is 102 Å². The molecule has 1 N–H and O–H groups in total. The Bertz CT molecular complexity index is 457. The van der Waals surface area contributed by atoms with Gasteiger partial charge in [-0.3, -0.25) is 4.79 Å². The van der Waals surface area contributed by atoms with E-state index in [1.54, 1.807) is 19.1 Å². The molecule has 1 aliphatic heterocycles. The Morgan fingerprint density at radius 3 is 2.76 bits per heavy atom. The third-order valence-corrected chi connectivity index (χ3v) is 3.40. The lowest BCUT2D eigenvalue weighted by molar-refractivity contribution is -0.119. The van der Waals surface area contributed by atoms with Gasteiger partial charge in [0, 0.05) is 25.1 Å². The first kappa shape index (κ1) is 11.9. The van der Waals surface area contributed by atoms with E-state index in [9.17, 15) is 4.79 Å². The molecule has 2 rings (SSSR count). The van der Waals surface area contributed by atoms with E-state index in [1.807, 2.05) is 19.2 Å². The summed E-state index contributed by atoms with van der Waals surface area (Å²) in [6.07, 6.45) is 0.494. The molecular weight excluding hydrogens is 216 g/mol. The van der Waals surface area contributed by atoms with Gasteiger partial charge in [-0.25, -0.2) is 0 Å². The van der Waals surface area contributed by atoms with Crippen molar-refractivity contribution < 1.29 is 9.53 Å². The molecule has 0 fully saturated rings. The van der Waals surface area contributed by atoms with Gasteiger partial charge in [-0.1, -0.05) is 6.07 Å². The number of amides is 1. The molecule has 1 aromatic rings. The molecule has 0 radical (unpaired) electrons. The highest BCUT2D eigenvalue weighted by Gasteiger charge is 2.31. The monoisotopic (exact) mass is 234 g/mol. The van der Waals surface area contributed by atoms with E-state index in [0.717, 1.165) is 17.0 Å². The quantitative estimate of drug-likeness (QED) is 0.845. The van der Waals surface area contributed by atoms with E-state index in [2.05, 4.69) is 12.2 Å². The second-order valence-electron chi connectivity index (χ2n) is 4.35. The third kappa shape index (κ3) is 1.78. The number of methoxy groups -OCH3 is 1. The van der Waals surface area contributed by atoms with Crippen LogP contribution in [0.3, 0.4) is 0 Å². The molecule has 0 spiro atoms. The lowest BCUT2D eigenvalue weighted by Gasteiger charge is -2.33. The molecule has 4 nitrogen and oxygen atoms in total. The minimum atomic E-state index is 0.0730. The maximum atomic E-state index is 11.9. The summed E-state index contributed by atoms with van der Waals surface area (Å²) in [6, 6.07) is 4.02. The Balaban J connectivity index is 2.67. The van der Waals surface area contributed by atoms with Crippen LogP contribution in [-0.2, 0) is 4.79 Å². The molecule has 0 bridgehead atoms. The van der Waals surface area contributed by atoms with E-state index < -0.39 is 0 Å². The van der Waals surface area contributed by atoms with Gasteiger partial charge in [0.05, 0.1) is 12.8 Å². The Hall–Kier alpha value is -1.55. The van der Waals surface area contributed by atoms with Gasteiger partial charge in [0.1, 0.15) is 5.75 Å². The van der Waals surface area contributed by atoms with Crippen LogP contribution in [0.5, 0.6) is 5.75 Å². The van der Waals surface area contributed by atoms with Crippen LogP contribution in [0, 0.1) is 6.92 Å². The number of hydrogen-bond donors (Lipinski definition) is 1. The van der Waals surface area contributed by atoms with Gasteiger partial charge in [0.25, 0.3) is 0 Å². The molecule has 92 valence electrons. The van der Waals surface area contributed by atoms with Crippen molar-refractivity contribution in [2.75, 3.05) is 26.1 Å². The first-order valence-electron chi connectivity index (χ1n) is 5.71. The maximum absolute atomic E-state index is 11.9. The molecule has 17 heavy (non-hydrogen) atoms. The second-order valence-corrected chi connectivity index (χ2v) is 4.35. The standard InChI is InChI=1S/C13H18N2O2/c1-8-5-6-10(17-4)13-12(8)9(14-2)7-11(16)15(13)3/h5-6,9,14H,7H2,1-4H3. The van der Waals surface area contributed by atoms with E-state index in [-0.39, 0.29) is 11.9 Å². The van der Waals surface area contributed by atoms with Crippen molar-refractivity contribution in [3.8, 4) is 5.75 Å². The van der Waals surface area contributed by atoms with Crippen LogP contribution < -0.4 is 15.0 Å². The van der Waals surface area contributed by atoms with Crippen molar-refractivity contribution in [3.05, 3.63) is 23.3 Å². The van der Waals surface area contributed by atoms with Crippen LogP contribution >= 0.6 is 0 Å². The van der Waals surface area contributed by atoms with Crippen LogP contribution in [0.2, 0.25) is 0 Å². The molecule has 0 saturated heterocycles. The van der Waals surface area contributed by atoms with Crippen molar-refractivity contribution in [1.82, 2.24) is 5.32 Å². The second kappa shape index (κ2) is 4.37. The van der Waals surface area contributed by atoms with E-state index >= 15 is 0 Å². The fourth-order valence-electron chi connectivity index (χ4n) is 2.42. The summed E-state index contributed by atoms with van der Waals surface area (Å²) in [5.41, 5.74) is 3.23. The smallest absolute Gasteiger partial charge is 0.228 e. The lowest BCUT2D eigenvalue weighted by atomic mass is 9.91. The van der Waals surface area contributed by atoms with Crippen LogP contribution in [0.25, 0.3) is 0 Å². The predicted molar refractivity (Wildman–Crippen MR) is 67.6 cm³/mol. The number of fused-ring (bicyclic) bond motifs is 1. The maximum Gasteiger partial charge on any atom is 0.228 e. The average molecular weight is 234 g/mol. The van der Waals surface area contributed by atoms with E-state index in [0.29, 0.717) is 6.42 Å². The van der Waals surface area contributed by atoms with Gasteiger partial charge in [0.2, 0.25) is 5.91 Å². The zero-order valence-electron chi connectivity index (χ0n) is 10.7. The van der Waals surface area contributed by atoms with Gasteiger partial charge in [-0.2, -0.15) is 0 Å². The van der Waals surface area contributed by atoms with Crippen LogP contribution in [0.1, 0.15) is 23.6 Å². The average Bonchev–Trinajstić information content (AvgIpc) is 2.34. The number of anilines is 1. The van der Waals surface area contributed by atoms with Gasteiger partial charge in [-0.15, -0.1) is 0 Å². The Morgan fingerprint density at radius 2 is 2.18 bits per heavy atom. The summed E-state index contributed by atoms with van der Waals surface area (Å²) < 4.78 is 5.36. The van der Waals surface area contributed by atoms with Crippen LogP contribution in [0.15, 0.2) is 12.1 Å². The number of carbonyl (C=O) groups excluding carboxylic acids is 1. The molecule has 1 aliphatic rings. The normalized spacial score (nSPS) is 19.2. The van der Waals surface area contributed by atoms with Gasteiger partial charge in [-0.05, 0) is 25.6 Å². The summed E-state index contributed by atoms with van der Waals surface area (Å²) in [5.74, 6) is 0.863. The van der Waals surface area contributed by atoms with Crippen LogP contribution in [-0.4, -0.2) is 27.1 Å². The van der Waals surface area contributed by atoms with Crippen LogP contribution in [0.4, 0.5) is 5.69 Å². The fraction of sp³-hybridized carbons (Fsp3) is 0.462. The summed E-state index contributed by atoms with van der Waals surface area (Å²) >= 11 is 0. The van der Waals surface area contributed by atoms with Crippen molar-refractivity contribution in [2.45, 2.75) is 19.4 Å². The Morgan fingerprint density at radius 1 is 1.47 bits per heavy atom. The summed E-state index contributed by atoms with van der Waals surface area (Å²) in [5, 5.41) is 3.20. The number of carbonyl (C=O) groups is 1. The molecule has 0 aromatic heterocycles. The number of ether oxygens (including phenoxy) is 1. The van der Waals surface area contributed by atoms with Crippen molar-refractivity contribution in [3.63, 3.8) is 0 Å². The SMILES string of the molecule is CNC1CC(=O)N(C)c2c(OC)ccc(C)c21. The summed E-state index contributed by atoms with van der Waals surface area (Å²) in [6.45, 7) is 2.06. The molecule has 1 heterocycles. The van der Waals surface area contributed by atoms with Gasteiger partial charge < -0.3 is 15.0 Å². The summed E-state index contributed by atoms with van der Waals surface area (Å²) in [4.78, 5) is 13.6. The molecule has 0 saturated carbocycles. The summed E-state index contributed by atoms with van der Waals surface area (Å²) in [7, 11) is 5.31. The highest BCUT2D eigenvalue weighted by molar-refractivity contribution is 5.98. The highest BCUT2D eigenvalue weighted by Crippen LogP contribution is 2.42. The molecule has 0 aliphatic carbocycles. The zero-order valence-corrected chi connectivity index (χ0v) is 10.7. The zero-order chi connectivity index (χ0) is 12.6. The van der Waals surface area contributed by atoms with Crippen molar-refractivity contribution >= 4 is 11.6 Å². The minimum Gasteiger partial charge on any atom is -0.495 e. The van der Waals surface area contributed by atoms with Gasteiger partial charge >= 0.3 is 0 Å². The van der Waals surface area contributed by atoms with Gasteiger partial charge in [0.15, 0.2) is 0 Å². The number of hydrogen-bond acceptors (Lipinski definition) is 3. The minimum absolute atomic E-state index is 0.0730. The van der Waals surface area contributed by atoms with E-state index in [4.69, 9.17) is 4.74 Å². The lowest BCUT2D eigenvalue weighted by Crippen LogP contribution is -2.37. The van der Waals surface area contributed by atoms with Crippen molar-refractivity contribution in [2.24, 2.45) is 0 Å². The molecular formula is C13H18N2O2. The number of nitrogens with one attached hydrogen (secondary N) is 1. The first-order valence-corrected chi connectivity index (χ1v) is 5.71. The fourth-order valence-corrected chi connectivity index (χ4v) is 2.42. The van der Waals surface area contributed by atoms with Crippen molar-refractivity contribution in [1.29, 1.82) is 0 Å². The molecule has 1 amide bonds. The number of benzene rings is 1. The molecule has 1 atom stereocenters. The first-order chi connectivity index (χ1) is 8.10. The highest BCUT2D eigenvalue weighted by atomic mass is 16.5. The third-order valence-electron chi connectivity index (χ3n) is 3.40.